The van der Waals surface area contributed by atoms with Crippen LogP contribution in [0.1, 0.15) is 29.7 Å². The number of aromatic nitrogens is 1. The molecule has 1 amide bonds. The summed E-state index contributed by atoms with van der Waals surface area (Å²) in [6.07, 6.45) is 1.61. The average Bonchev–Trinajstić information content (AvgIpc) is 3.45. The van der Waals surface area contributed by atoms with Crippen molar-refractivity contribution in [3.8, 4) is 11.5 Å². The van der Waals surface area contributed by atoms with Crippen LogP contribution in [0.15, 0.2) is 78.9 Å². The van der Waals surface area contributed by atoms with Gasteiger partial charge in [0.15, 0.2) is 16.6 Å². The summed E-state index contributed by atoms with van der Waals surface area (Å²) in [5.41, 5.74) is 2.29. The van der Waals surface area contributed by atoms with Crippen molar-refractivity contribution in [3.05, 3.63) is 101 Å². The molecule has 1 aliphatic rings. The van der Waals surface area contributed by atoms with Gasteiger partial charge in [0.2, 0.25) is 0 Å². The van der Waals surface area contributed by atoms with Gasteiger partial charge in [-0.05, 0) is 73.5 Å². The molecule has 7 nitrogen and oxygen atoms in total. The van der Waals surface area contributed by atoms with Crippen molar-refractivity contribution in [3.63, 3.8) is 0 Å². The van der Waals surface area contributed by atoms with Crippen LogP contribution in [0.5, 0.6) is 11.5 Å². The molecule has 198 valence electrons. The van der Waals surface area contributed by atoms with E-state index in [4.69, 9.17) is 9.47 Å². The summed E-state index contributed by atoms with van der Waals surface area (Å²) in [6.45, 7) is 8.06. The Morgan fingerprint density at radius 1 is 1.10 bits per heavy atom. The van der Waals surface area contributed by atoms with Gasteiger partial charge in [0.25, 0.3) is 5.78 Å². The van der Waals surface area contributed by atoms with Gasteiger partial charge < -0.3 is 14.6 Å². The van der Waals surface area contributed by atoms with Gasteiger partial charge in [0.05, 0.1) is 28.4 Å². The molecular weight excluding hydrogens is 519 g/mol. The van der Waals surface area contributed by atoms with Crippen LogP contribution < -0.4 is 14.4 Å². The zero-order valence-electron chi connectivity index (χ0n) is 21.3. The largest absolute Gasteiger partial charge is 0.507 e. The molecule has 1 atom stereocenters. The standard InChI is InChI=1S/C30H25FN2O5S/c1-4-14-38-22-13-9-19(16-23(22)37-5-2)26-25(27(34)18-7-10-20(31)11-8-18)28(35)29(36)33(26)30-32-21-12-6-17(3)15-24(21)39-30/h4,6-13,15-16,26,34H,1,5,14H2,2-3H3. The summed E-state index contributed by atoms with van der Waals surface area (Å²) >= 11 is 1.27. The number of halogens is 1. The number of nitrogens with zero attached hydrogens (tertiary/aromatic N) is 2. The van der Waals surface area contributed by atoms with Crippen LogP contribution in [0.3, 0.4) is 0 Å². The molecule has 0 radical (unpaired) electrons. The first-order chi connectivity index (χ1) is 18.8. The molecule has 9 heteroatoms. The van der Waals surface area contributed by atoms with Gasteiger partial charge in [-0.15, -0.1) is 0 Å². The van der Waals surface area contributed by atoms with Crippen molar-refractivity contribution in [2.24, 2.45) is 0 Å². The molecule has 0 spiro atoms. The third-order valence-corrected chi connectivity index (χ3v) is 7.26. The SMILES string of the molecule is C=CCOc1ccc(C2C(=C(O)c3ccc(F)cc3)C(=O)C(=O)N2c2nc3ccc(C)cc3s2)cc1OCC. The molecule has 1 fully saturated rings. The zero-order valence-corrected chi connectivity index (χ0v) is 22.1. The Morgan fingerprint density at radius 2 is 1.87 bits per heavy atom. The van der Waals surface area contributed by atoms with Crippen molar-refractivity contribution < 1.29 is 28.6 Å². The lowest BCUT2D eigenvalue weighted by Crippen LogP contribution is -2.29. The highest BCUT2D eigenvalue weighted by atomic mass is 32.1. The number of aliphatic hydroxyl groups excluding tert-OH is 1. The van der Waals surface area contributed by atoms with E-state index < -0.39 is 29.3 Å². The van der Waals surface area contributed by atoms with Crippen molar-refractivity contribution in [2.75, 3.05) is 18.1 Å². The van der Waals surface area contributed by atoms with E-state index in [0.29, 0.717) is 34.3 Å². The minimum absolute atomic E-state index is 0.135. The minimum Gasteiger partial charge on any atom is -0.507 e. The predicted octanol–water partition coefficient (Wildman–Crippen LogP) is 6.33. The van der Waals surface area contributed by atoms with Crippen LogP contribution >= 0.6 is 11.3 Å². The number of fused-ring (bicyclic) bond motifs is 1. The molecular formula is C30H25FN2O5S. The molecule has 0 saturated carbocycles. The highest BCUT2D eigenvalue weighted by Gasteiger charge is 2.48. The number of Topliss-reactive ketones (excluding diaryl/α,β-unsaturated/α-hetero) is 1. The number of amides is 1. The number of carbonyl (C=O) groups excluding carboxylic acids is 2. The Labute approximate surface area is 228 Å². The monoisotopic (exact) mass is 544 g/mol. The van der Waals surface area contributed by atoms with Crippen LogP contribution in [-0.2, 0) is 9.59 Å². The molecule has 5 rings (SSSR count). The first kappa shape index (κ1) is 26.1. The number of hydrogen-bond donors (Lipinski definition) is 1. The van der Waals surface area contributed by atoms with Crippen LogP contribution in [0.25, 0.3) is 16.0 Å². The highest BCUT2D eigenvalue weighted by molar-refractivity contribution is 7.22. The lowest BCUT2D eigenvalue weighted by molar-refractivity contribution is -0.132. The molecule has 1 aliphatic heterocycles. The number of carbonyl (C=O) groups is 2. The second-order valence-corrected chi connectivity index (χ2v) is 9.89. The van der Waals surface area contributed by atoms with E-state index >= 15 is 0 Å². The summed E-state index contributed by atoms with van der Waals surface area (Å²) in [5.74, 6) is -1.74. The maximum absolute atomic E-state index is 13.6. The summed E-state index contributed by atoms with van der Waals surface area (Å²) in [7, 11) is 0. The number of aliphatic hydroxyl groups is 1. The van der Waals surface area contributed by atoms with Crippen molar-refractivity contribution >= 4 is 44.1 Å². The van der Waals surface area contributed by atoms with E-state index in [2.05, 4.69) is 11.6 Å². The Hall–Kier alpha value is -4.50. The van der Waals surface area contributed by atoms with Gasteiger partial charge in [-0.25, -0.2) is 9.37 Å². The van der Waals surface area contributed by atoms with Gasteiger partial charge in [0.1, 0.15) is 18.2 Å². The van der Waals surface area contributed by atoms with E-state index in [0.717, 1.165) is 10.3 Å². The average molecular weight is 545 g/mol. The van der Waals surface area contributed by atoms with Gasteiger partial charge in [0, 0.05) is 5.56 Å². The lowest BCUT2D eigenvalue weighted by Gasteiger charge is -2.24. The van der Waals surface area contributed by atoms with E-state index in [1.807, 2.05) is 32.0 Å². The number of aryl methyl sites for hydroxylation is 1. The van der Waals surface area contributed by atoms with Crippen molar-refractivity contribution in [1.29, 1.82) is 0 Å². The highest BCUT2D eigenvalue weighted by Crippen LogP contribution is 2.46. The third kappa shape index (κ3) is 4.88. The number of hydrogen-bond acceptors (Lipinski definition) is 7. The van der Waals surface area contributed by atoms with Crippen LogP contribution in [0.2, 0.25) is 0 Å². The molecule has 0 aliphatic carbocycles. The summed E-state index contributed by atoms with van der Waals surface area (Å²) < 4.78 is 26.0. The van der Waals surface area contributed by atoms with Gasteiger partial charge >= 0.3 is 5.91 Å². The number of anilines is 1. The Kier molecular flexibility index (Phi) is 7.17. The fourth-order valence-electron chi connectivity index (χ4n) is 4.46. The molecule has 1 aromatic heterocycles. The number of ether oxygens (including phenoxy) is 2. The molecule has 0 bridgehead atoms. The van der Waals surface area contributed by atoms with Gasteiger partial charge in [-0.1, -0.05) is 36.1 Å². The quantitative estimate of drug-likeness (QED) is 0.121. The number of thiazole rings is 1. The van der Waals surface area contributed by atoms with Crippen molar-refractivity contribution in [2.45, 2.75) is 19.9 Å². The maximum atomic E-state index is 13.6. The Bertz CT molecular complexity index is 1630. The Balaban J connectivity index is 1.72. The van der Waals surface area contributed by atoms with Crippen LogP contribution in [-0.4, -0.2) is 35.0 Å². The molecule has 4 aromatic rings. The van der Waals surface area contributed by atoms with E-state index in [1.54, 1.807) is 24.3 Å². The first-order valence-corrected chi connectivity index (χ1v) is 13.1. The maximum Gasteiger partial charge on any atom is 0.301 e. The second kappa shape index (κ2) is 10.7. The fourth-order valence-corrected chi connectivity index (χ4v) is 5.55. The fraction of sp³-hybridized carbons (Fsp3) is 0.167. The topological polar surface area (TPSA) is 89.0 Å². The number of rotatable bonds is 8. The summed E-state index contributed by atoms with van der Waals surface area (Å²) in [4.78, 5) is 32.9. The van der Waals surface area contributed by atoms with E-state index in [-0.39, 0.29) is 17.7 Å². The molecule has 1 saturated heterocycles. The van der Waals surface area contributed by atoms with Crippen molar-refractivity contribution in [1.82, 2.24) is 4.98 Å². The Morgan fingerprint density at radius 3 is 2.59 bits per heavy atom. The van der Waals surface area contributed by atoms with Gasteiger partial charge in [-0.2, -0.15) is 0 Å². The zero-order chi connectivity index (χ0) is 27.7. The van der Waals surface area contributed by atoms with Gasteiger partial charge in [-0.3, -0.25) is 14.5 Å². The normalized spacial score (nSPS) is 16.6. The van der Waals surface area contributed by atoms with E-state index in [1.165, 1.54) is 40.5 Å². The minimum atomic E-state index is -1.02. The summed E-state index contributed by atoms with van der Waals surface area (Å²) in [6, 6.07) is 14.8. The number of ketones is 1. The van der Waals surface area contributed by atoms with E-state index in [9.17, 15) is 19.1 Å². The van der Waals surface area contributed by atoms with Crippen LogP contribution in [0, 0.1) is 12.7 Å². The summed E-state index contributed by atoms with van der Waals surface area (Å²) in [5, 5.41) is 11.6. The molecule has 1 N–H and O–H groups in total. The molecule has 1 unspecified atom stereocenters. The lowest BCUT2D eigenvalue weighted by atomic mass is 9.95. The second-order valence-electron chi connectivity index (χ2n) is 8.88. The smallest absolute Gasteiger partial charge is 0.301 e. The first-order valence-electron chi connectivity index (χ1n) is 12.3. The predicted molar refractivity (Wildman–Crippen MR) is 149 cm³/mol. The molecule has 39 heavy (non-hydrogen) atoms. The van der Waals surface area contributed by atoms with Crippen LogP contribution in [0.4, 0.5) is 9.52 Å². The third-order valence-electron chi connectivity index (χ3n) is 6.24. The number of benzene rings is 3. The molecule has 3 aromatic carbocycles. The molecule has 2 heterocycles.